The second-order valence-corrected chi connectivity index (χ2v) is 9.18. The van der Waals surface area contributed by atoms with E-state index in [0.29, 0.717) is 15.7 Å². The van der Waals surface area contributed by atoms with Gasteiger partial charge in [-0.05, 0) is 37.1 Å². The maximum atomic E-state index is 12.3. The minimum absolute atomic E-state index is 0.255. The summed E-state index contributed by atoms with van der Waals surface area (Å²) in [4.78, 5) is 16.8. The lowest BCUT2D eigenvalue weighted by molar-refractivity contribution is 0.0958. The van der Waals surface area contributed by atoms with Gasteiger partial charge < -0.3 is 5.73 Å². The van der Waals surface area contributed by atoms with Crippen molar-refractivity contribution in [2.75, 3.05) is 5.73 Å². The van der Waals surface area contributed by atoms with Gasteiger partial charge in [0.2, 0.25) is 0 Å². The number of rotatable bonds is 6. The molecular formula is C27H24N6OS. The number of hydrogen-bond acceptors (Lipinski definition) is 6. The predicted octanol–water partition coefficient (Wildman–Crippen LogP) is 5.25. The Labute approximate surface area is 207 Å². The zero-order valence-corrected chi connectivity index (χ0v) is 19.9. The number of nitrogens with one attached hydrogen (secondary N) is 1. The topological polar surface area (TPSA) is 98.2 Å². The molecule has 174 valence electrons. The third-order valence-corrected chi connectivity index (χ3v) is 6.69. The van der Waals surface area contributed by atoms with E-state index in [1.807, 2.05) is 47.1 Å². The minimum atomic E-state index is -0.325. The molecule has 0 saturated carbocycles. The molecule has 0 spiro atoms. The van der Waals surface area contributed by atoms with Gasteiger partial charge in [0.1, 0.15) is 4.88 Å². The molecule has 0 saturated heterocycles. The fourth-order valence-electron chi connectivity index (χ4n) is 3.96. The van der Waals surface area contributed by atoms with Crippen LogP contribution in [0, 0.1) is 6.92 Å². The fraction of sp³-hybridized carbons (Fsp3) is 0.111. The van der Waals surface area contributed by atoms with Crippen LogP contribution in [0.5, 0.6) is 0 Å². The number of thiazole rings is 1. The highest BCUT2D eigenvalue weighted by Gasteiger charge is 2.18. The van der Waals surface area contributed by atoms with Crippen LogP contribution in [-0.4, -0.2) is 26.9 Å². The first-order chi connectivity index (χ1) is 17.1. The quantitative estimate of drug-likeness (QED) is 0.291. The summed E-state index contributed by atoms with van der Waals surface area (Å²) in [5, 5.41) is 9.38. The number of aromatic nitrogens is 3. The molecule has 5 rings (SSSR count). The van der Waals surface area contributed by atoms with Crippen LogP contribution in [0.25, 0.3) is 16.9 Å². The smallest absolute Gasteiger partial charge is 0.283 e. The number of aryl methyl sites for hydroxylation is 1. The van der Waals surface area contributed by atoms with Crippen molar-refractivity contribution >= 4 is 28.6 Å². The number of nitrogens with zero attached hydrogens (tertiary/aromatic N) is 4. The fourth-order valence-corrected chi connectivity index (χ4v) is 4.69. The van der Waals surface area contributed by atoms with Gasteiger partial charge in [-0.2, -0.15) is 10.2 Å². The molecule has 35 heavy (non-hydrogen) atoms. The van der Waals surface area contributed by atoms with E-state index < -0.39 is 0 Å². The zero-order valence-electron chi connectivity index (χ0n) is 19.1. The van der Waals surface area contributed by atoms with Crippen molar-refractivity contribution in [2.45, 2.75) is 19.3 Å². The summed E-state index contributed by atoms with van der Waals surface area (Å²) < 4.78 is 2.01. The van der Waals surface area contributed by atoms with E-state index in [9.17, 15) is 4.79 Å². The van der Waals surface area contributed by atoms with Crippen molar-refractivity contribution in [2.24, 2.45) is 5.10 Å². The van der Waals surface area contributed by atoms with Gasteiger partial charge in [0.15, 0.2) is 5.13 Å². The predicted molar refractivity (Wildman–Crippen MR) is 141 cm³/mol. The third-order valence-electron chi connectivity index (χ3n) is 5.70. The van der Waals surface area contributed by atoms with Crippen LogP contribution in [-0.2, 0) is 0 Å². The summed E-state index contributed by atoms with van der Waals surface area (Å²) >= 11 is 1.14. The summed E-state index contributed by atoms with van der Waals surface area (Å²) in [6.45, 7) is 1.75. The van der Waals surface area contributed by atoms with E-state index in [0.717, 1.165) is 46.0 Å². The number of amides is 1. The summed E-state index contributed by atoms with van der Waals surface area (Å²) in [6.07, 6.45) is 11.1. The van der Waals surface area contributed by atoms with Crippen molar-refractivity contribution in [1.82, 2.24) is 20.2 Å². The van der Waals surface area contributed by atoms with Gasteiger partial charge in [-0.3, -0.25) is 4.79 Å². The first kappa shape index (κ1) is 22.5. The normalized spacial score (nSPS) is 15.1. The molecule has 2 aromatic heterocycles. The molecule has 8 heteroatoms. The average Bonchev–Trinajstić information content (AvgIpc) is 3.48. The van der Waals surface area contributed by atoms with Crippen molar-refractivity contribution in [1.29, 1.82) is 0 Å². The molecule has 3 N–H and O–H groups in total. The van der Waals surface area contributed by atoms with E-state index in [1.54, 1.807) is 13.1 Å². The van der Waals surface area contributed by atoms with Crippen molar-refractivity contribution in [3.05, 3.63) is 107 Å². The van der Waals surface area contributed by atoms with Gasteiger partial charge in [0.05, 0.1) is 29.0 Å². The maximum absolute atomic E-state index is 12.3. The molecule has 1 unspecified atom stereocenters. The Kier molecular flexibility index (Phi) is 6.36. The molecule has 1 atom stereocenters. The van der Waals surface area contributed by atoms with Crippen LogP contribution in [0.2, 0.25) is 0 Å². The number of nitrogen functional groups attached to an aromatic ring is 1. The molecule has 7 nitrogen and oxygen atoms in total. The van der Waals surface area contributed by atoms with Gasteiger partial charge >= 0.3 is 0 Å². The van der Waals surface area contributed by atoms with Gasteiger partial charge in [0, 0.05) is 11.5 Å². The highest BCUT2D eigenvalue weighted by molar-refractivity contribution is 7.17. The highest BCUT2D eigenvalue weighted by atomic mass is 32.1. The molecule has 0 bridgehead atoms. The summed E-state index contributed by atoms with van der Waals surface area (Å²) in [5.41, 5.74) is 13.8. The summed E-state index contributed by atoms with van der Waals surface area (Å²) in [5.74, 6) is -0.0700. The zero-order chi connectivity index (χ0) is 24.2. The van der Waals surface area contributed by atoms with E-state index >= 15 is 0 Å². The first-order valence-electron chi connectivity index (χ1n) is 11.2. The van der Waals surface area contributed by atoms with Crippen LogP contribution in [0.3, 0.4) is 0 Å². The Morgan fingerprint density at radius 3 is 2.66 bits per heavy atom. The number of anilines is 1. The monoisotopic (exact) mass is 480 g/mol. The van der Waals surface area contributed by atoms with E-state index in [4.69, 9.17) is 10.8 Å². The molecule has 2 aromatic carbocycles. The lowest BCUT2D eigenvalue weighted by Gasteiger charge is -2.15. The van der Waals surface area contributed by atoms with Crippen LogP contribution in [0.15, 0.2) is 90.1 Å². The molecule has 1 aliphatic carbocycles. The number of carbonyl (C=O) groups is 1. The standard InChI is InChI=1S/C27H24N6OS/c1-18-25(35-27(28)30-18)26(34)31-29-17-19-12-14-22(15-13-19)33-24(21-10-6-3-7-11-21)16-23(32-33)20-8-4-2-5-9-20/h2-10,12-17,21H,11H2,1H3,(H2,28,30)(H,31,34)/b29-17+. The number of hydrogen-bond donors (Lipinski definition) is 2. The highest BCUT2D eigenvalue weighted by Crippen LogP contribution is 2.30. The van der Waals surface area contributed by atoms with Crippen LogP contribution < -0.4 is 11.2 Å². The van der Waals surface area contributed by atoms with Crippen molar-refractivity contribution in [3.8, 4) is 16.9 Å². The van der Waals surface area contributed by atoms with E-state index in [-0.39, 0.29) is 11.8 Å². The Morgan fingerprint density at radius 2 is 1.97 bits per heavy atom. The van der Waals surface area contributed by atoms with Gasteiger partial charge in [-0.1, -0.05) is 78.1 Å². The molecule has 2 heterocycles. The van der Waals surface area contributed by atoms with Crippen LogP contribution in [0.1, 0.15) is 39.0 Å². The second-order valence-electron chi connectivity index (χ2n) is 8.14. The number of allylic oxidation sites excluding steroid dienone is 4. The van der Waals surface area contributed by atoms with Gasteiger partial charge in [-0.15, -0.1) is 0 Å². The Morgan fingerprint density at radius 1 is 1.17 bits per heavy atom. The Hall–Kier alpha value is -4.30. The number of carbonyl (C=O) groups excluding carboxylic acids is 1. The van der Waals surface area contributed by atoms with Crippen molar-refractivity contribution in [3.63, 3.8) is 0 Å². The molecular weight excluding hydrogens is 456 g/mol. The third kappa shape index (κ3) is 4.97. The second kappa shape index (κ2) is 9.90. The summed E-state index contributed by atoms with van der Waals surface area (Å²) in [6, 6.07) is 20.3. The molecule has 0 fully saturated rings. The maximum Gasteiger partial charge on any atom is 0.283 e. The Balaban J connectivity index is 1.37. The minimum Gasteiger partial charge on any atom is -0.375 e. The number of hydrazone groups is 1. The van der Waals surface area contributed by atoms with Gasteiger partial charge in [0.25, 0.3) is 5.91 Å². The molecule has 0 radical (unpaired) electrons. The lowest BCUT2D eigenvalue weighted by atomic mass is 9.96. The molecule has 4 aromatic rings. The van der Waals surface area contributed by atoms with Crippen LogP contribution >= 0.6 is 11.3 Å². The SMILES string of the molecule is Cc1nc(N)sc1C(=O)N/N=C/c1ccc(-n2nc(-c3ccccc3)cc2C2C=CC=CC2)cc1. The van der Waals surface area contributed by atoms with Gasteiger partial charge in [-0.25, -0.2) is 15.1 Å². The average molecular weight is 481 g/mol. The van der Waals surface area contributed by atoms with Crippen molar-refractivity contribution < 1.29 is 4.79 Å². The number of nitrogens with two attached hydrogens (primary N) is 1. The number of benzene rings is 2. The largest absolute Gasteiger partial charge is 0.375 e. The molecule has 1 aliphatic rings. The molecule has 1 amide bonds. The lowest BCUT2D eigenvalue weighted by Crippen LogP contribution is -2.17. The van der Waals surface area contributed by atoms with Crippen LogP contribution in [0.4, 0.5) is 5.13 Å². The summed E-state index contributed by atoms with van der Waals surface area (Å²) in [7, 11) is 0. The molecule has 0 aliphatic heterocycles. The van der Waals surface area contributed by atoms with E-state index in [1.165, 1.54) is 0 Å². The van der Waals surface area contributed by atoms with E-state index in [2.05, 4.69) is 58.0 Å². The first-order valence-corrected chi connectivity index (χ1v) is 12.1. The Bertz CT molecular complexity index is 1430.